The average Bonchev–Trinajstić information content (AvgIpc) is 3.38. The fourth-order valence-electron chi connectivity index (χ4n) is 3.89. The summed E-state index contributed by atoms with van der Waals surface area (Å²) in [6.45, 7) is 2.85. The number of ether oxygens (including phenoxy) is 1. The van der Waals surface area contributed by atoms with E-state index in [0.717, 1.165) is 29.8 Å². The highest BCUT2D eigenvalue weighted by Crippen LogP contribution is 2.19. The zero-order chi connectivity index (χ0) is 18.6. The van der Waals surface area contributed by atoms with Crippen LogP contribution in [0.5, 0.6) is 5.75 Å². The summed E-state index contributed by atoms with van der Waals surface area (Å²) >= 11 is 0. The van der Waals surface area contributed by atoms with Crippen molar-refractivity contribution >= 4 is 16.9 Å². The van der Waals surface area contributed by atoms with Crippen LogP contribution in [0, 0.1) is 0 Å². The summed E-state index contributed by atoms with van der Waals surface area (Å²) in [4.78, 5) is 14.1. The van der Waals surface area contributed by atoms with Gasteiger partial charge in [0.25, 0.3) is 5.91 Å². The van der Waals surface area contributed by atoms with Crippen LogP contribution in [0.4, 0.5) is 0 Å². The van der Waals surface area contributed by atoms with E-state index in [2.05, 4.69) is 17.4 Å². The Kier molecular flexibility index (Phi) is 5.12. The Bertz CT molecular complexity index is 878. The zero-order valence-electron chi connectivity index (χ0n) is 15.5. The van der Waals surface area contributed by atoms with Gasteiger partial charge in [-0.25, -0.2) is 0 Å². The minimum Gasteiger partial charge on any atom is -0.497 e. The molecule has 2 N–H and O–H groups in total. The molecule has 3 aromatic rings. The molecule has 1 aromatic heterocycles. The third-order valence-corrected chi connectivity index (χ3v) is 5.37. The number of amides is 1. The number of rotatable bonds is 6. The molecule has 1 atom stereocenters. The summed E-state index contributed by atoms with van der Waals surface area (Å²) in [7, 11) is 1.67. The van der Waals surface area contributed by atoms with Crippen molar-refractivity contribution in [3.05, 3.63) is 65.9 Å². The first-order chi connectivity index (χ1) is 13.2. The van der Waals surface area contributed by atoms with Crippen LogP contribution in [0.15, 0.2) is 59.0 Å². The van der Waals surface area contributed by atoms with E-state index < -0.39 is 0 Å². The molecule has 2 heterocycles. The highest BCUT2D eigenvalue weighted by Gasteiger charge is 2.28. The Morgan fingerprint density at radius 2 is 1.89 bits per heavy atom. The number of hydrogen-bond acceptors (Lipinski definition) is 3. The van der Waals surface area contributed by atoms with Crippen LogP contribution in [0.2, 0.25) is 0 Å². The molecule has 0 aliphatic carbocycles. The molecule has 140 valence electrons. The smallest absolute Gasteiger partial charge is 0.287 e. The molecule has 0 radical (unpaired) electrons. The summed E-state index contributed by atoms with van der Waals surface area (Å²) in [6, 6.07) is 17.9. The van der Waals surface area contributed by atoms with Crippen molar-refractivity contribution in [1.29, 1.82) is 0 Å². The molecular weight excluding hydrogens is 340 g/mol. The number of benzene rings is 2. The summed E-state index contributed by atoms with van der Waals surface area (Å²) < 4.78 is 11.0. The lowest BCUT2D eigenvalue weighted by Gasteiger charge is -2.25. The first-order valence-electron chi connectivity index (χ1n) is 9.50. The summed E-state index contributed by atoms with van der Waals surface area (Å²) in [6.07, 6.45) is 2.47. The molecule has 5 nitrogen and oxygen atoms in total. The lowest BCUT2D eigenvalue weighted by molar-refractivity contribution is -0.918. The van der Waals surface area contributed by atoms with E-state index >= 15 is 0 Å². The quantitative estimate of drug-likeness (QED) is 0.706. The van der Waals surface area contributed by atoms with Crippen LogP contribution in [0.3, 0.4) is 0 Å². The number of fused-ring (bicyclic) bond motifs is 1. The minimum absolute atomic E-state index is 0.164. The van der Waals surface area contributed by atoms with Crippen LogP contribution in [0.25, 0.3) is 11.0 Å². The predicted octanol–water partition coefficient (Wildman–Crippen LogP) is 2.59. The number of likely N-dealkylation sites (tertiary alicyclic amines) is 1. The van der Waals surface area contributed by atoms with E-state index in [9.17, 15) is 4.79 Å². The number of carbonyl (C=O) groups is 1. The molecule has 27 heavy (non-hydrogen) atoms. The fourth-order valence-corrected chi connectivity index (χ4v) is 3.89. The van der Waals surface area contributed by atoms with Gasteiger partial charge in [-0.3, -0.25) is 4.79 Å². The van der Waals surface area contributed by atoms with E-state index in [1.807, 2.05) is 36.4 Å². The second-order valence-corrected chi connectivity index (χ2v) is 7.05. The Morgan fingerprint density at radius 3 is 2.59 bits per heavy atom. The third kappa shape index (κ3) is 3.83. The number of para-hydroxylation sites is 1. The van der Waals surface area contributed by atoms with Gasteiger partial charge >= 0.3 is 0 Å². The van der Waals surface area contributed by atoms with Crippen LogP contribution in [-0.2, 0) is 0 Å². The van der Waals surface area contributed by atoms with Gasteiger partial charge in [0.05, 0.1) is 26.7 Å². The van der Waals surface area contributed by atoms with Gasteiger partial charge in [0, 0.05) is 23.8 Å². The maximum Gasteiger partial charge on any atom is 0.287 e. The Hall–Kier alpha value is -2.79. The van der Waals surface area contributed by atoms with E-state index in [4.69, 9.17) is 9.15 Å². The second kappa shape index (κ2) is 7.84. The van der Waals surface area contributed by atoms with Crippen molar-refractivity contribution in [3.8, 4) is 5.75 Å². The Morgan fingerprint density at radius 1 is 1.15 bits per heavy atom. The number of quaternary nitrogens is 1. The number of nitrogens with one attached hydrogen (secondary N) is 2. The molecule has 0 bridgehead atoms. The van der Waals surface area contributed by atoms with Gasteiger partial charge < -0.3 is 19.4 Å². The number of hydrogen-bond donors (Lipinski definition) is 2. The Balaban J connectivity index is 1.49. The first-order valence-corrected chi connectivity index (χ1v) is 9.50. The van der Waals surface area contributed by atoms with Gasteiger partial charge in [0.2, 0.25) is 0 Å². The molecule has 1 saturated heterocycles. The summed E-state index contributed by atoms with van der Waals surface area (Å²) in [5, 5.41) is 4.02. The summed E-state index contributed by atoms with van der Waals surface area (Å²) in [5.74, 6) is 1.05. The molecule has 0 spiro atoms. The largest absolute Gasteiger partial charge is 0.497 e. The third-order valence-electron chi connectivity index (χ3n) is 5.37. The molecule has 1 amide bonds. The van der Waals surface area contributed by atoms with Crippen LogP contribution in [0.1, 0.15) is 35.0 Å². The molecule has 4 rings (SSSR count). The maximum atomic E-state index is 12.6. The highest BCUT2D eigenvalue weighted by atomic mass is 16.5. The van der Waals surface area contributed by atoms with Crippen molar-refractivity contribution in [2.75, 3.05) is 26.7 Å². The van der Waals surface area contributed by atoms with Crippen LogP contribution < -0.4 is 15.0 Å². The minimum atomic E-state index is -0.164. The first kappa shape index (κ1) is 17.6. The van der Waals surface area contributed by atoms with E-state index in [0.29, 0.717) is 12.3 Å². The van der Waals surface area contributed by atoms with Gasteiger partial charge in [-0.1, -0.05) is 18.2 Å². The number of furan rings is 1. The Labute approximate surface area is 158 Å². The molecule has 1 fully saturated rings. The van der Waals surface area contributed by atoms with Crippen molar-refractivity contribution in [1.82, 2.24) is 5.32 Å². The predicted molar refractivity (Wildman–Crippen MR) is 104 cm³/mol. The van der Waals surface area contributed by atoms with Crippen LogP contribution >= 0.6 is 0 Å². The molecular formula is C22H25N2O3+. The molecule has 1 aliphatic heterocycles. The number of carbonyl (C=O) groups excluding carboxylic acids is 1. The zero-order valence-corrected chi connectivity index (χ0v) is 15.5. The maximum absolute atomic E-state index is 12.6. The van der Waals surface area contributed by atoms with Gasteiger partial charge in [0.1, 0.15) is 17.4 Å². The van der Waals surface area contributed by atoms with Gasteiger partial charge in [-0.05, 0) is 36.4 Å². The normalized spacial score (nSPS) is 15.7. The van der Waals surface area contributed by atoms with Crippen molar-refractivity contribution in [3.63, 3.8) is 0 Å². The fraction of sp³-hybridized carbons (Fsp3) is 0.318. The van der Waals surface area contributed by atoms with Crippen molar-refractivity contribution in [2.45, 2.75) is 18.9 Å². The van der Waals surface area contributed by atoms with E-state index in [1.165, 1.54) is 23.3 Å². The lowest BCUT2D eigenvalue weighted by Crippen LogP contribution is -3.11. The van der Waals surface area contributed by atoms with Gasteiger partial charge in [0.15, 0.2) is 5.76 Å². The molecule has 5 heteroatoms. The number of methoxy groups -OCH3 is 1. The van der Waals surface area contributed by atoms with Gasteiger partial charge in [-0.2, -0.15) is 0 Å². The molecule has 0 unspecified atom stereocenters. The van der Waals surface area contributed by atoms with E-state index in [-0.39, 0.29) is 11.9 Å². The van der Waals surface area contributed by atoms with Crippen molar-refractivity contribution < 1.29 is 18.8 Å². The lowest BCUT2D eigenvalue weighted by atomic mass is 10.1. The standard InChI is InChI=1S/C22H24N2O3/c1-26-18-10-8-16(9-11-18)19(24-12-4-5-13-24)15-23-22(25)21-14-17-6-2-3-7-20(17)27-21/h2-3,6-11,14,19H,4-5,12-13,15H2,1H3,(H,23,25)/p+1/t19-/m1/s1. The summed E-state index contributed by atoms with van der Waals surface area (Å²) in [5.41, 5.74) is 1.96. The molecule has 0 saturated carbocycles. The molecule has 1 aliphatic rings. The highest BCUT2D eigenvalue weighted by molar-refractivity contribution is 5.96. The molecule has 2 aromatic carbocycles. The van der Waals surface area contributed by atoms with E-state index in [1.54, 1.807) is 13.2 Å². The SMILES string of the molecule is COc1ccc([C@@H](CNC(=O)c2cc3ccccc3o2)[NH+]2CCCC2)cc1. The average molecular weight is 365 g/mol. The van der Waals surface area contributed by atoms with Gasteiger partial charge in [-0.15, -0.1) is 0 Å². The van der Waals surface area contributed by atoms with Crippen molar-refractivity contribution in [2.24, 2.45) is 0 Å². The topological polar surface area (TPSA) is 55.9 Å². The second-order valence-electron chi connectivity index (χ2n) is 7.05. The van der Waals surface area contributed by atoms with Crippen LogP contribution in [-0.4, -0.2) is 32.7 Å². The monoisotopic (exact) mass is 365 g/mol.